The molecule has 0 spiro atoms. The molecular weight excluding hydrogens is 342 g/mol. The third-order valence-electron chi connectivity index (χ3n) is 3.28. The first kappa shape index (κ1) is 19.8. The van der Waals surface area contributed by atoms with Gasteiger partial charge in [-0.05, 0) is 6.07 Å². The average molecular weight is 364 g/mol. The molecule has 1 atom stereocenters. The predicted molar refractivity (Wildman–Crippen MR) is 81.7 cm³/mol. The molecule has 0 bridgehead atoms. The predicted octanol–water partition coefficient (Wildman–Crippen LogP) is 2.03. The second kappa shape index (κ2) is 10.5. The van der Waals surface area contributed by atoms with Gasteiger partial charge in [-0.2, -0.15) is 4.39 Å². The fraction of sp³-hybridized carbons (Fsp3) is 0.625. The molecule has 25 heavy (non-hydrogen) atoms. The van der Waals surface area contributed by atoms with E-state index in [2.05, 4.69) is 0 Å². The number of methoxy groups -OCH3 is 2. The topological polar surface area (TPSA) is 67.9 Å². The molecule has 1 heterocycles. The second-order valence-corrected chi connectivity index (χ2v) is 5.07. The van der Waals surface area contributed by atoms with Crippen molar-refractivity contribution in [2.75, 3.05) is 60.8 Å². The van der Waals surface area contributed by atoms with Crippen LogP contribution in [0.25, 0.3) is 0 Å². The Bertz CT molecular complexity index is 538. The van der Waals surface area contributed by atoms with Crippen molar-refractivity contribution in [3.63, 3.8) is 0 Å². The normalized spacial score (nSPS) is 16.1. The number of hydrogen-bond donors (Lipinski definition) is 0. The van der Waals surface area contributed by atoms with Crippen molar-refractivity contribution in [2.24, 2.45) is 0 Å². The second-order valence-electron chi connectivity index (χ2n) is 5.07. The molecule has 9 heteroatoms. The number of benzene rings is 1. The van der Waals surface area contributed by atoms with Gasteiger partial charge in [-0.1, -0.05) is 0 Å². The standard InChI is InChI=1S/C16H22F2O7/c1-19-3-5-21-9-24-12-7-11(13-8-23-13)14(17)15(18)16(12)25-10-22-6-4-20-2/h7,13H,3-6,8-10H2,1-2H3. The van der Waals surface area contributed by atoms with E-state index < -0.39 is 17.7 Å². The number of rotatable bonds is 13. The van der Waals surface area contributed by atoms with E-state index in [0.29, 0.717) is 26.4 Å². The van der Waals surface area contributed by atoms with Crippen molar-refractivity contribution >= 4 is 0 Å². The lowest BCUT2D eigenvalue weighted by Gasteiger charge is -2.16. The highest BCUT2D eigenvalue weighted by atomic mass is 19.2. The third kappa shape index (κ3) is 6.05. The zero-order chi connectivity index (χ0) is 18.1. The van der Waals surface area contributed by atoms with E-state index in [0.717, 1.165) is 0 Å². The Kier molecular flexibility index (Phi) is 8.29. The van der Waals surface area contributed by atoms with E-state index >= 15 is 0 Å². The highest BCUT2D eigenvalue weighted by Crippen LogP contribution is 2.40. The number of epoxide rings is 1. The van der Waals surface area contributed by atoms with Gasteiger partial charge in [-0.25, -0.2) is 4.39 Å². The van der Waals surface area contributed by atoms with Gasteiger partial charge in [0.05, 0.1) is 33.0 Å². The number of ether oxygens (including phenoxy) is 7. The molecular formula is C16H22F2O7. The first-order valence-electron chi connectivity index (χ1n) is 7.71. The van der Waals surface area contributed by atoms with E-state index in [9.17, 15) is 8.78 Å². The lowest BCUT2D eigenvalue weighted by atomic mass is 10.1. The molecule has 1 unspecified atom stereocenters. The SMILES string of the molecule is COCCOCOc1cc(C2CO2)c(F)c(F)c1OCOCCOC. The Morgan fingerprint density at radius 2 is 1.56 bits per heavy atom. The van der Waals surface area contributed by atoms with Gasteiger partial charge in [0, 0.05) is 19.8 Å². The van der Waals surface area contributed by atoms with Gasteiger partial charge < -0.3 is 33.2 Å². The Labute approximate surface area is 144 Å². The first-order chi connectivity index (χ1) is 12.2. The fourth-order valence-electron chi connectivity index (χ4n) is 1.92. The summed E-state index contributed by atoms with van der Waals surface area (Å²) < 4.78 is 64.0. The summed E-state index contributed by atoms with van der Waals surface area (Å²) in [5.74, 6) is -2.55. The van der Waals surface area contributed by atoms with Crippen molar-refractivity contribution in [3.05, 3.63) is 23.3 Å². The monoisotopic (exact) mass is 364 g/mol. The summed E-state index contributed by atoms with van der Waals surface area (Å²) in [4.78, 5) is 0. The Hall–Kier alpha value is -1.52. The smallest absolute Gasteiger partial charge is 0.205 e. The molecule has 0 N–H and O–H groups in total. The third-order valence-corrected chi connectivity index (χ3v) is 3.28. The molecule has 1 aromatic rings. The van der Waals surface area contributed by atoms with E-state index in [1.807, 2.05) is 0 Å². The van der Waals surface area contributed by atoms with Crippen LogP contribution in [0.5, 0.6) is 11.5 Å². The maximum absolute atomic E-state index is 14.3. The zero-order valence-electron chi connectivity index (χ0n) is 14.2. The molecule has 1 aliphatic rings. The minimum atomic E-state index is -1.16. The van der Waals surface area contributed by atoms with E-state index in [1.54, 1.807) is 0 Å². The molecule has 0 aromatic heterocycles. The van der Waals surface area contributed by atoms with Crippen LogP contribution < -0.4 is 9.47 Å². The van der Waals surface area contributed by atoms with Crippen LogP contribution >= 0.6 is 0 Å². The summed E-state index contributed by atoms with van der Waals surface area (Å²) in [6.07, 6.45) is -0.474. The highest BCUT2D eigenvalue weighted by Gasteiger charge is 2.32. The van der Waals surface area contributed by atoms with Gasteiger partial charge in [0.1, 0.15) is 6.10 Å². The Morgan fingerprint density at radius 1 is 0.960 bits per heavy atom. The largest absolute Gasteiger partial charge is 0.464 e. The molecule has 2 rings (SSSR count). The van der Waals surface area contributed by atoms with Crippen LogP contribution in [0.2, 0.25) is 0 Å². The van der Waals surface area contributed by atoms with E-state index in [-0.39, 0.29) is 37.3 Å². The average Bonchev–Trinajstić information content (AvgIpc) is 3.44. The van der Waals surface area contributed by atoms with Gasteiger partial charge in [0.25, 0.3) is 0 Å². The van der Waals surface area contributed by atoms with Crippen molar-refractivity contribution in [1.82, 2.24) is 0 Å². The zero-order valence-corrected chi connectivity index (χ0v) is 14.2. The van der Waals surface area contributed by atoms with E-state index in [1.165, 1.54) is 20.3 Å². The Morgan fingerprint density at radius 3 is 2.12 bits per heavy atom. The van der Waals surface area contributed by atoms with Crippen molar-refractivity contribution in [1.29, 1.82) is 0 Å². The lowest BCUT2D eigenvalue weighted by Crippen LogP contribution is -2.12. The van der Waals surface area contributed by atoms with Crippen LogP contribution in [0.1, 0.15) is 11.7 Å². The number of hydrogen-bond acceptors (Lipinski definition) is 7. The molecule has 1 saturated heterocycles. The van der Waals surface area contributed by atoms with Crippen molar-refractivity contribution in [2.45, 2.75) is 6.10 Å². The minimum Gasteiger partial charge on any atom is -0.464 e. The van der Waals surface area contributed by atoms with Crippen LogP contribution in [0.4, 0.5) is 8.78 Å². The summed E-state index contributed by atoms with van der Waals surface area (Å²) in [6, 6.07) is 1.35. The van der Waals surface area contributed by atoms with Gasteiger partial charge in [0.2, 0.25) is 11.6 Å². The van der Waals surface area contributed by atoms with Gasteiger partial charge >= 0.3 is 0 Å². The van der Waals surface area contributed by atoms with Gasteiger partial charge in [-0.15, -0.1) is 0 Å². The molecule has 0 amide bonds. The summed E-state index contributed by atoms with van der Waals surface area (Å²) in [7, 11) is 3.06. The fourth-order valence-corrected chi connectivity index (χ4v) is 1.92. The first-order valence-corrected chi connectivity index (χ1v) is 7.71. The molecule has 0 radical (unpaired) electrons. The molecule has 1 aromatic carbocycles. The number of halogens is 2. The summed E-state index contributed by atoms with van der Waals surface area (Å²) in [5.41, 5.74) is 0.0806. The Balaban J connectivity index is 2.03. The van der Waals surface area contributed by atoms with E-state index in [4.69, 9.17) is 33.2 Å². The molecule has 1 fully saturated rings. The maximum atomic E-state index is 14.3. The summed E-state index contributed by atoms with van der Waals surface area (Å²) >= 11 is 0. The highest BCUT2D eigenvalue weighted by molar-refractivity contribution is 5.46. The molecule has 0 aliphatic carbocycles. The van der Waals surface area contributed by atoms with Crippen LogP contribution in [0.3, 0.4) is 0 Å². The van der Waals surface area contributed by atoms with Crippen molar-refractivity contribution in [3.8, 4) is 11.5 Å². The van der Waals surface area contributed by atoms with Crippen LogP contribution in [-0.4, -0.2) is 60.8 Å². The molecule has 0 saturated carbocycles. The lowest BCUT2D eigenvalue weighted by molar-refractivity contribution is -0.0223. The summed E-state index contributed by atoms with van der Waals surface area (Å²) in [5, 5.41) is 0. The molecule has 142 valence electrons. The van der Waals surface area contributed by atoms with Crippen LogP contribution in [-0.2, 0) is 23.7 Å². The minimum absolute atomic E-state index is 0.0113. The summed E-state index contributed by atoms with van der Waals surface area (Å²) in [6.45, 7) is 1.19. The van der Waals surface area contributed by atoms with Crippen molar-refractivity contribution < 1.29 is 41.9 Å². The van der Waals surface area contributed by atoms with Gasteiger partial charge in [0.15, 0.2) is 25.2 Å². The molecule has 1 aliphatic heterocycles. The maximum Gasteiger partial charge on any atom is 0.205 e. The quantitative estimate of drug-likeness (QED) is 0.301. The van der Waals surface area contributed by atoms with Gasteiger partial charge in [-0.3, -0.25) is 0 Å². The molecule has 7 nitrogen and oxygen atoms in total. The van der Waals surface area contributed by atoms with Crippen LogP contribution in [0, 0.1) is 11.6 Å². The van der Waals surface area contributed by atoms with Crippen LogP contribution in [0.15, 0.2) is 6.07 Å².